The number of sulfonamides is 1. The molecule has 0 bridgehead atoms. The number of nitrogens with zero attached hydrogens (tertiary/aromatic N) is 2. The smallest absolute Gasteiger partial charge is 0.244 e. The van der Waals surface area contributed by atoms with Gasteiger partial charge in [-0.1, -0.05) is 36.8 Å². The van der Waals surface area contributed by atoms with Gasteiger partial charge in [0.15, 0.2) is 0 Å². The Kier molecular flexibility index (Phi) is 7.87. The highest BCUT2D eigenvalue weighted by Gasteiger charge is 2.36. The molecular weight excluding hydrogens is 492 g/mol. The Balaban J connectivity index is 1.68. The Morgan fingerprint density at radius 2 is 1.78 bits per heavy atom. The normalized spacial score (nSPS) is 15.7. The second-order valence-corrected chi connectivity index (χ2v) is 12.3. The van der Waals surface area contributed by atoms with Crippen LogP contribution < -0.4 is 4.74 Å². The van der Waals surface area contributed by atoms with Gasteiger partial charge in [0.1, 0.15) is 5.75 Å². The van der Waals surface area contributed by atoms with Gasteiger partial charge in [-0.05, 0) is 79.4 Å². The zero-order valence-electron chi connectivity index (χ0n) is 21.6. The molecule has 0 fully saturated rings. The molecule has 0 N–H and O–H groups in total. The molecule has 1 amide bonds. The van der Waals surface area contributed by atoms with Gasteiger partial charge in [-0.2, -0.15) is 4.31 Å². The van der Waals surface area contributed by atoms with Crippen molar-refractivity contribution in [2.24, 2.45) is 0 Å². The first-order valence-corrected chi connectivity index (χ1v) is 14.6. The molecule has 4 rings (SSSR count). The van der Waals surface area contributed by atoms with Crippen LogP contribution in [0.5, 0.6) is 5.75 Å². The van der Waals surface area contributed by atoms with Crippen molar-refractivity contribution in [3.05, 3.63) is 80.5 Å². The SMILES string of the molecule is CCCN(CC(=O)N1CCc2sccc2C1c1ccc(OC)cc1)S(=O)(=O)c1c(C)cc(C)cc1C. The maximum Gasteiger partial charge on any atom is 0.244 e. The van der Waals surface area contributed by atoms with E-state index in [9.17, 15) is 13.2 Å². The number of benzene rings is 2. The molecule has 192 valence electrons. The molecule has 0 aliphatic carbocycles. The summed E-state index contributed by atoms with van der Waals surface area (Å²) in [6.07, 6.45) is 1.38. The quantitative estimate of drug-likeness (QED) is 0.402. The second kappa shape index (κ2) is 10.7. The number of aryl methyl sites for hydroxylation is 3. The van der Waals surface area contributed by atoms with Crippen molar-refractivity contribution in [3.63, 3.8) is 0 Å². The number of amides is 1. The predicted molar refractivity (Wildman–Crippen MR) is 144 cm³/mol. The van der Waals surface area contributed by atoms with E-state index in [1.54, 1.807) is 18.4 Å². The van der Waals surface area contributed by atoms with Crippen molar-refractivity contribution in [1.82, 2.24) is 9.21 Å². The first-order valence-electron chi connectivity index (χ1n) is 12.2. The van der Waals surface area contributed by atoms with Crippen molar-refractivity contribution >= 4 is 27.3 Å². The molecule has 8 heteroatoms. The van der Waals surface area contributed by atoms with Gasteiger partial charge in [0.2, 0.25) is 15.9 Å². The van der Waals surface area contributed by atoms with Gasteiger partial charge < -0.3 is 9.64 Å². The summed E-state index contributed by atoms with van der Waals surface area (Å²) in [5, 5.41) is 2.06. The third-order valence-electron chi connectivity index (χ3n) is 6.70. The fraction of sp³-hybridized carbons (Fsp3) is 0.393. The van der Waals surface area contributed by atoms with Crippen LogP contribution in [0.25, 0.3) is 0 Å². The largest absolute Gasteiger partial charge is 0.497 e. The third kappa shape index (κ3) is 5.08. The van der Waals surface area contributed by atoms with E-state index in [2.05, 4.69) is 11.4 Å². The third-order valence-corrected chi connectivity index (χ3v) is 9.85. The average molecular weight is 527 g/mol. The lowest BCUT2D eigenvalue weighted by molar-refractivity contribution is -0.133. The Morgan fingerprint density at radius 3 is 2.39 bits per heavy atom. The van der Waals surface area contributed by atoms with Gasteiger partial charge in [-0.15, -0.1) is 11.3 Å². The average Bonchev–Trinajstić information content (AvgIpc) is 3.31. The highest BCUT2D eigenvalue weighted by molar-refractivity contribution is 7.89. The molecule has 6 nitrogen and oxygen atoms in total. The van der Waals surface area contributed by atoms with Crippen molar-refractivity contribution in [3.8, 4) is 5.75 Å². The summed E-state index contributed by atoms with van der Waals surface area (Å²) < 4.78 is 34.3. The lowest BCUT2D eigenvalue weighted by Gasteiger charge is -2.37. The highest BCUT2D eigenvalue weighted by Crippen LogP contribution is 2.38. The number of carbonyl (C=O) groups is 1. The van der Waals surface area contributed by atoms with Gasteiger partial charge >= 0.3 is 0 Å². The van der Waals surface area contributed by atoms with Crippen LogP contribution in [0.3, 0.4) is 0 Å². The first-order chi connectivity index (χ1) is 17.2. The van der Waals surface area contributed by atoms with Crippen molar-refractivity contribution in [2.75, 3.05) is 26.7 Å². The number of rotatable bonds is 8. The molecule has 1 atom stereocenters. The molecule has 2 heterocycles. The van der Waals surface area contributed by atoms with Gasteiger partial charge in [-0.25, -0.2) is 8.42 Å². The first kappa shape index (κ1) is 26.4. The Hall–Kier alpha value is -2.68. The van der Waals surface area contributed by atoms with E-state index in [1.165, 1.54) is 9.18 Å². The minimum atomic E-state index is -3.84. The maximum atomic E-state index is 13.8. The highest BCUT2D eigenvalue weighted by atomic mass is 32.2. The fourth-order valence-electron chi connectivity index (χ4n) is 5.21. The number of hydrogen-bond donors (Lipinski definition) is 0. The van der Waals surface area contributed by atoms with E-state index in [0.717, 1.165) is 28.9 Å². The number of methoxy groups -OCH3 is 1. The zero-order valence-corrected chi connectivity index (χ0v) is 23.2. The minimum absolute atomic E-state index is 0.185. The van der Waals surface area contributed by atoms with Crippen molar-refractivity contribution in [2.45, 2.75) is 51.5 Å². The number of hydrogen-bond acceptors (Lipinski definition) is 5. The molecule has 1 unspecified atom stereocenters. The number of carbonyl (C=O) groups excluding carboxylic acids is 1. The summed E-state index contributed by atoms with van der Waals surface area (Å²) in [4.78, 5) is 17.2. The van der Waals surface area contributed by atoms with Crippen LogP contribution in [-0.4, -0.2) is 50.3 Å². The van der Waals surface area contributed by atoms with Crippen LogP contribution >= 0.6 is 11.3 Å². The Labute approximate surface area is 218 Å². The topological polar surface area (TPSA) is 66.9 Å². The summed E-state index contributed by atoms with van der Waals surface area (Å²) in [6.45, 7) is 8.17. The monoisotopic (exact) mass is 526 g/mol. The minimum Gasteiger partial charge on any atom is -0.497 e. The van der Waals surface area contributed by atoms with Gasteiger partial charge in [0.25, 0.3) is 0 Å². The van der Waals surface area contributed by atoms with E-state index in [1.807, 2.05) is 69.0 Å². The van der Waals surface area contributed by atoms with Gasteiger partial charge in [-0.3, -0.25) is 4.79 Å². The van der Waals surface area contributed by atoms with Crippen LogP contribution in [-0.2, 0) is 21.2 Å². The standard InChI is InChI=1S/C28H34N2O4S2/c1-6-13-29(36(32,33)28-20(3)16-19(2)17-21(28)4)18-26(31)30-14-11-25-24(12-15-35-25)27(30)22-7-9-23(34-5)10-8-22/h7-10,12,15-17,27H,6,11,13-14,18H2,1-5H3. The van der Waals surface area contributed by atoms with Crippen LogP contribution in [0, 0.1) is 20.8 Å². The lowest BCUT2D eigenvalue weighted by Crippen LogP contribution is -2.47. The van der Waals surface area contributed by atoms with Crippen LogP contribution in [0.1, 0.15) is 52.1 Å². The molecule has 36 heavy (non-hydrogen) atoms. The van der Waals surface area contributed by atoms with Crippen molar-refractivity contribution < 1.29 is 17.9 Å². The number of thiophene rings is 1. The lowest BCUT2D eigenvalue weighted by atomic mass is 9.93. The number of ether oxygens (including phenoxy) is 1. The second-order valence-electron chi connectivity index (χ2n) is 9.38. The molecule has 0 saturated carbocycles. The summed E-state index contributed by atoms with van der Waals surface area (Å²) in [5.74, 6) is 0.564. The molecule has 1 aromatic heterocycles. The summed E-state index contributed by atoms with van der Waals surface area (Å²) >= 11 is 1.70. The number of fused-ring (bicyclic) bond motifs is 1. The van der Waals surface area contributed by atoms with Crippen molar-refractivity contribution in [1.29, 1.82) is 0 Å². The van der Waals surface area contributed by atoms with E-state index < -0.39 is 10.0 Å². The summed E-state index contributed by atoms with van der Waals surface area (Å²) in [5.41, 5.74) is 4.53. The van der Waals surface area contributed by atoms with Crippen LogP contribution in [0.4, 0.5) is 0 Å². The molecule has 2 aromatic carbocycles. The summed E-state index contributed by atoms with van der Waals surface area (Å²) in [7, 11) is -2.22. The van der Waals surface area contributed by atoms with Crippen LogP contribution in [0.15, 0.2) is 52.7 Å². The van der Waals surface area contributed by atoms with E-state index in [4.69, 9.17) is 4.74 Å². The molecule has 0 radical (unpaired) electrons. The molecule has 1 aliphatic heterocycles. The molecule has 1 aliphatic rings. The van der Waals surface area contributed by atoms with E-state index in [-0.39, 0.29) is 25.0 Å². The van der Waals surface area contributed by atoms with Gasteiger partial charge in [0.05, 0.1) is 24.6 Å². The predicted octanol–water partition coefficient (Wildman–Crippen LogP) is 5.26. The van der Waals surface area contributed by atoms with E-state index >= 15 is 0 Å². The molecular formula is C28H34N2O4S2. The summed E-state index contributed by atoms with van der Waals surface area (Å²) in [6, 6.07) is 13.3. The Morgan fingerprint density at radius 1 is 1.11 bits per heavy atom. The molecule has 3 aromatic rings. The Bertz CT molecular complexity index is 1320. The zero-order chi connectivity index (χ0) is 26.0. The fourth-order valence-corrected chi connectivity index (χ4v) is 8.01. The maximum absolute atomic E-state index is 13.8. The molecule has 0 spiro atoms. The van der Waals surface area contributed by atoms with Gasteiger partial charge in [0, 0.05) is 18.0 Å². The molecule has 0 saturated heterocycles. The van der Waals surface area contributed by atoms with Crippen LogP contribution in [0.2, 0.25) is 0 Å². The van der Waals surface area contributed by atoms with E-state index in [0.29, 0.717) is 29.0 Å².